The fourth-order valence-corrected chi connectivity index (χ4v) is 2.52. The molecule has 1 heterocycles. The summed E-state index contributed by atoms with van der Waals surface area (Å²) in [5, 5.41) is 7.27. The molecule has 0 spiro atoms. The van der Waals surface area contributed by atoms with Crippen molar-refractivity contribution in [3.8, 4) is 5.75 Å². The topological polar surface area (TPSA) is 56.1 Å². The van der Waals surface area contributed by atoms with Gasteiger partial charge in [-0.3, -0.25) is 9.48 Å². The Morgan fingerprint density at radius 2 is 1.85 bits per heavy atom. The maximum Gasteiger partial charge on any atom is 0.387 e. The second kappa shape index (κ2) is 7.85. The molecule has 0 aliphatic carbocycles. The van der Waals surface area contributed by atoms with Gasteiger partial charge in [-0.15, -0.1) is 0 Å². The summed E-state index contributed by atoms with van der Waals surface area (Å²) in [6.45, 7) is 7.65. The molecule has 0 saturated heterocycles. The molecule has 7 heteroatoms. The highest BCUT2D eigenvalue weighted by Crippen LogP contribution is 2.23. The summed E-state index contributed by atoms with van der Waals surface area (Å²) < 4.78 is 30.5. The van der Waals surface area contributed by atoms with E-state index in [1.165, 1.54) is 12.1 Å². The zero-order valence-electron chi connectivity index (χ0n) is 15.7. The molecule has 0 unspecified atom stereocenters. The molecule has 2 aromatic rings. The van der Waals surface area contributed by atoms with Gasteiger partial charge in [-0.2, -0.15) is 13.9 Å². The number of rotatable bonds is 6. The standard InChI is InChI=1S/C19H25F2N3O2/c1-12(2)16-10-15(23-24(16)19(3,4)5)17(25)22-11-13-6-8-14(9-7-13)26-18(20)21/h6-10,12,18H,11H2,1-5H3,(H,22,25). The van der Waals surface area contributed by atoms with Gasteiger partial charge < -0.3 is 10.1 Å². The fraction of sp³-hybridized carbons (Fsp3) is 0.474. The summed E-state index contributed by atoms with van der Waals surface area (Å²) in [5.41, 5.74) is 1.91. The van der Waals surface area contributed by atoms with Crippen molar-refractivity contribution < 1.29 is 18.3 Å². The Morgan fingerprint density at radius 1 is 1.23 bits per heavy atom. The molecule has 0 radical (unpaired) electrons. The first-order valence-electron chi connectivity index (χ1n) is 8.50. The van der Waals surface area contributed by atoms with Crippen LogP contribution in [-0.4, -0.2) is 22.3 Å². The predicted molar refractivity (Wildman–Crippen MR) is 95.6 cm³/mol. The van der Waals surface area contributed by atoms with Gasteiger partial charge in [0.2, 0.25) is 0 Å². The maximum atomic E-state index is 12.4. The minimum atomic E-state index is -2.85. The smallest absolute Gasteiger partial charge is 0.387 e. The largest absolute Gasteiger partial charge is 0.435 e. The normalized spacial score (nSPS) is 11.9. The van der Waals surface area contributed by atoms with E-state index in [9.17, 15) is 13.6 Å². The first-order valence-corrected chi connectivity index (χ1v) is 8.50. The lowest BCUT2D eigenvalue weighted by molar-refractivity contribution is -0.0498. The Bertz CT molecular complexity index is 747. The molecule has 1 aromatic carbocycles. The van der Waals surface area contributed by atoms with Gasteiger partial charge >= 0.3 is 6.61 Å². The number of alkyl halides is 2. The Labute approximate surface area is 152 Å². The third-order valence-corrected chi connectivity index (χ3v) is 3.80. The van der Waals surface area contributed by atoms with Gasteiger partial charge in [-0.05, 0) is 50.5 Å². The van der Waals surface area contributed by atoms with Crippen molar-refractivity contribution in [3.05, 3.63) is 47.3 Å². The fourth-order valence-electron chi connectivity index (χ4n) is 2.52. The molecule has 0 saturated carbocycles. The van der Waals surface area contributed by atoms with Crippen LogP contribution in [0.2, 0.25) is 0 Å². The number of amides is 1. The van der Waals surface area contributed by atoms with Gasteiger partial charge in [0, 0.05) is 12.2 Å². The summed E-state index contributed by atoms with van der Waals surface area (Å²) >= 11 is 0. The minimum Gasteiger partial charge on any atom is -0.435 e. The van der Waals surface area contributed by atoms with Crippen molar-refractivity contribution in [3.63, 3.8) is 0 Å². The van der Waals surface area contributed by atoms with Gasteiger partial charge in [0.15, 0.2) is 0 Å². The summed E-state index contributed by atoms with van der Waals surface area (Å²) in [7, 11) is 0. The highest BCUT2D eigenvalue weighted by molar-refractivity contribution is 5.92. The number of halogens is 2. The van der Waals surface area contributed by atoms with E-state index >= 15 is 0 Å². The summed E-state index contributed by atoms with van der Waals surface area (Å²) in [5.74, 6) is 0.0500. The third kappa shape index (κ3) is 5.03. The van der Waals surface area contributed by atoms with Gasteiger partial charge in [-0.25, -0.2) is 0 Å². The van der Waals surface area contributed by atoms with Crippen LogP contribution >= 0.6 is 0 Å². The van der Waals surface area contributed by atoms with Crippen LogP contribution in [0, 0.1) is 0 Å². The van der Waals surface area contributed by atoms with E-state index in [1.54, 1.807) is 12.1 Å². The Kier molecular flexibility index (Phi) is 6.00. The van der Waals surface area contributed by atoms with E-state index in [4.69, 9.17) is 0 Å². The number of carbonyl (C=O) groups excluding carboxylic acids is 1. The molecule has 0 aliphatic rings. The Morgan fingerprint density at radius 3 is 2.31 bits per heavy atom. The second-order valence-corrected chi connectivity index (χ2v) is 7.40. The summed E-state index contributed by atoms with van der Waals surface area (Å²) in [6.07, 6.45) is 0. The van der Waals surface area contributed by atoms with E-state index < -0.39 is 6.61 Å². The molecule has 142 valence electrons. The molecular weight excluding hydrogens is 340 g/mol. The van der Waals surface area contributed by atoms with Gasteiger partial charge in [0.05, 0.1) is 5.54 Å². The quantitative estimate of drug-likeness (QED) is 0.831. The van der Waals surface area contributed by atoms with Crippen LogP contribution in [0.1, 0.15) is 62.3 Å². The Balaban J connectivity index is 2.06. The number of nitrogens with zero attached hydrogens (tertiary/aromatic N) is 2. The molecule has 5 nitrogen and oxygen atoms in total. The van der Waals surface area contributed by atoms with Gasteiger partial charge in [0.1, 0.15) is 11.4 Å². The van der Waals surface area contributed by atoms with E-state index in [0.29, 0.717) is 5.69 Å². The monoisotopic (exact) mass is 365 g/mol. The SMILES string of the molecule is CC(C)c1cc(C(=O)NCc2ccc(OC(F)F)cc2)nn1C(C)(C)C. The lowest BCUT2D eigenvalue weighted by atomic mass is 10.1. The van der Waals surface area contributed by atoms with Crippen molar-refractivity contribution in [2.45, 2.75) is 59.2 Å². The van der Waals surface area contributed by atoms with Gasteiger partial charge in [0.25, 0.3) is 5.91 Å². The first kappa shape index (κ1) is 19.9. The molecular formula is C19H25F2N3O2. The van der Waals surface area contributed by atoms with Crippen molar-refractivity contribution in [1.29, 1.82) is 0 Å². The second-order valence-electron chi connectivity index (χ2n) is 7.40. The molecule has 0 fully saturated rings. The van der Waals surface area contributed by atoms with Crippen LogP contribution in [0.4, 0.5) is 8.78 Å². The average Bonchev–Trinajstić information content (AvgIpc) is 2.99. The van der Waals surface area contributed by atoms with Crippen molar-refractivity contribution >= 4 is 5.91 Å². The van der Waals surface area contributed by atoms with Crippen LogP contribution < -0.4 is 10.1 Å². The van der Waals surface area contributed by atoms with Crippen molar-refractivity contribution in [2.75, 3.05) is 0 Å². The molecule has 2 rings (SSSR count). The average molecular weight is 365 g/mol. The molecule has 26 heavy (non-hydrogen) atoms. The maximum absolute atomic E-state index is 12.4. The lowest BCUT2D eigenvalue weighted by Crippen LogP contribution is -2.27. The van der Waals surface area contributed by atoms with Crippen molar-refractivity contribution in [2.24, 2.45) is 0 Å². The minimum absolute atomic E-state index is 0.0839. The van der Waals surface area contributed by atoms with Crippen LogP contribution in [0.15, 0.2) is 30.3 Å². The Hall–Kier alpha value is -2.44. The predicted octanol–water partition coefficient (Wildman–Crippen LogP) is 4.29. The van der Waals surface area contributed by atoms with Crippen molar-refractivity contribution in [1.82, 2.24) is 15.1 Å². The number of benzene rings is 1. The number of carbonyl (C=O) groups is 1. The molecule has 1 N–H and O–H groups in total. The summed E-state index contributed by atoms with van der Waals surface area (Å²) in [6, 6.07) is 7.96. The number of nitrogens with one attached hydrogen (secondary N) is 1. The van der Waals surface area contributed by atoms with E-state index in [2.05, 4.69) is 29.0 Å². The zero-order valence-corrected chi connectivity index (χ0v) is 15.7. The molecule has 0 bridgehead atoms. The number of hydrogen-bond acceptors (Lipinski definition) is 3. The molecule has 0 aliphatic heterocycles. The highest BCUT2D eigenvalue weighted by atomic mass is 19.3. The van der Waals surface area contributed by atoms with Crippen LogP contribution in [0.3, 0.4) is 0 Å². The number of aromatic nitrogens is 2. The number of ether oxygens (including phenoxy) is 1. The van der Waals surface area contributed by atoms with E-state index in [1.807, 2.05) is 31.5 Å². The van der Waals surface area contributed by atoms with Crippen LogP contribution in [0.25, 0.3) is 0 Å². The lowest BCUT2D eigenvalue weighted by Gasteiger charge is -2.23. The summed E-state index contributed by atoms with van der Waals surface area (Å²) in [4.78, 5) is 12.4. The highest BCUT2D eigenvalue weighted by Gasteiger charge is 2.23. The third-order valence-electron chi connectivity index (χ3n) is 3.80. The van der Waals surface area contributed by atoms with Gasteiger partial charge in [-0.1, -0.05) is 26.0 Å². The zero-order chi connectivity index (χ0) is 19.5. The van der Waals surface area contributed by atoms with E-state index in [-0.39, 0.29) is 29.7 Å². The first-order chi connectivity index (χ1) is 12.1. The van der Waals surface area contributed by atoms with Crippen LogP contribution in [-0.2, 0) is 12.1 Å². The van der Waals surface area contributed by atoms with Crippen LogP contribution in [0.5, 0.6) is 5.75 Å². The van der Waals surface area contributed by atoms with E-state index in [0.717, 1.165) is 11.3 Å². The molecule has 1 amide bonds. The molecule has 1 aromatic heterocycles. The molecule has 0 atom stereocenters. The number of hydrogen-bond donors (Lipinski definition) is 1.